The van der Waals surface area contributed by atoms with Gasteiger partial charge in [-0.25, -0.2) is 4.79 Å². The second-order valence-electron chi connectivity index (χ2n) is 5.36. The smallest absolute Gasteiger partial charge is 0.315 e. The Morgan fingerprint density at radius 1 is 1.30 bits per heavy atom. The molecule has 124 valence electrons. The summed E-state index contributed by atoms with van der Waals surface area (Å²) >= 11 is 3.63. The van der Waals surface area contributed by atoms with Gasteiger partial charge in [-0.2, -0.15) is 11.8 Å². The van der Waals surface area contributed by atoms with Crippen LogP contribution < -0.4 is 10.6 Å². The van der Waals surface area contributed by atoms with Gasteiger partial charge < -0.3 is 15.1 Å². The van der Waals surface area contributed by atoms with E-state index in [9.17, 15) is 4.79 Å². The Kier molecular flexibility index (Phi) is 6.01. The molecule has 23 heavy (non-hydrogen) atoms. The first-order valence-corrected chi connectivity index (χ1v) is 9.74. The van der Waals surface area contributed by atoms with Crippen molar-refractivity contribution >= 4 is 29.1 Å². The third-order valence-corrected chi connectivity index (χ3v) is 5.69. The van der Waals surface area contributed by atoms with Crippen LogP contribution in [-0.2, 0) is 6.54 Å². The van der Waals surface area contributed by atoms with Gasteiger partial charge in [-0.15, -0.1) is 11.3 Å². The Balaban J connectivity index is 1.52. The number of furan rings is 1. The summed E-state index contributed by atoms with van der Waals surface area (Å²) < 4.78 is 5.23. The molecule has 0 aliphatic carbocycles. The van der Waals surface area contributed by atoms with Gasteiger partial charge in [0.1, 0.15) is 0 Å². The summed E-state index contributed by atoms with van der Waals surface area (Å²) in [5.41, 5.74) is 1.12. The summed E-state index contributed by atoms with van der Waals surface area (Å²) in [6.07, 6.45) is 3.47. The standard InChI is InChI=1S/C16H21N3O2S2/c20-16(17-10-14-2-1-7-23-14)18-11-15(13-3-6-21-12-13)19-4-8-22-9-5-19/h1-3,6-7,12,15H,4-5,8-11H2,(H2,17,18,20)/t15-/m1/s1. The van der Waals surface area contributed by atoms with E-state index in [0.717, 1.165) is 35.0 Å². The molecule has 1 saturated heterocycles. The second kappa shape index (κ2) is 8.42. The van der Waals surface area contributed by atoms with E-state index in [1.54, 1.807) is 23.9 Å². The van der Waals surface area contributed by atoms with Crippen LogP contribution >= 0.6 is 23.1 Å². The molecule has 0 saturated carbocycles. The fourth-order valence-corrected chi connectivity index (χ4v) is 4.22. The quantitative estimate of drug-likeness (QED) is 0.840. The first-order chi connectivity index (χ1) is 11.3. The highest BCUT2D eigenvalue weighted by Gasteiger charge is 2.23. The maximum atomic E-state index is 12.0. The molecule has 2 aromatic rings. The molecule has 1 aliphatic heterocycles. The van der Waals surface area contributed by atoms with E-state index in [4.69, 9.17) is 4.42 Å². The number of hydrogen-bond acceptors (Lipinski definition) is 5. The zero-order valence-corrected chi connectivity index (χ0v) is 14.5. The topological polar surface area (TPSA) is 57.5 Å². The van der Waals surface area contributed by atoms with Crippen molar-refractivity contribution in [2.45, 2.75) is 12.6 Å². The fourth-order valence-electron chi connectivity index (χ4n) is 2.64. The van der Waals surface area contributed by atoms with Crippen LogP contribution in [0.1, 0.15) is 16.5 Å². The summed E-state index contributed by atoms with van der Waals surface area (Å²) in [6, 6.07) is 6.03. The van der Waals surface area contributed by atoms with Gasteiger partial charge in [-0.1, -0.05) is 6.07 Å². The molecular formula is C16H21N3O2S2. The number of thiophene rings is 1. The van der Waals surface area contributed by atoms with Gasteiger partial charge in [0.15, 0.2) is 0 Å². The third-order valence-electron chi connectivity index (χ3n) is 3.87. The maximum Gasteiger partial charge on any atom is 0.315 e. The van der Waals surface area contributed by atoms with Crippen molar-refractivity contribution in [2.24, 2.45) is 0 Å². The lowest BCUT2D eigenvalue weighted by Gasteiger charge is -2.33. The maximum absolute atomic E-state index is 12.0. The highest BCUT2D eigenvalue weighted by molar-refractivity contribution is 7.99. The molecule has 0 radical (unpaired) electrons. The Bertz CT molecular complexity index is 581. The van der Waals surface area contributed by atoms with Crippen LogP contribution in [0, 0.1) is 0 Å². The van der Waals surface area contributed by atoms with E-state index in [0.29, 0.717) is 13.1 Å². The lowest BCUT2D eigenvalue weighted by Crippen LogP contribution is -2.44. The van der Waals surface area contributed by atoms with Crippen LogP contribution in [-0.4, -0.2) is 42.1 Å². The van der Waals surface area contributed by atoms with E-state index >= 15 is 0 Å². The van der Waals surface area contributed by atoms with Crippen LogP contribution in [0.5, 0.6) is 0 Å². The molecule has 2 N–H and O–H groups in total. The predicted molar refractivity (Wildman–Crippen MR) is 94.9 cm³/mol. The third kappa shape index (κ3) is 4.76. The van der Waals surface area contributed by atoms with Gasteiger partial charge in [0.05, 0.1) is 25.1 Å². The minimum absolute atomic E-state index is 0.127. The SMILES string of the molecule is O=C(NCc1cccs1)NC[C@H](c1ccoc1)N1CCSCC1. The number of hydrogen-bond donors (Lipinski definition) is 2. The summed E-state index contributed by atoms with van der Waals surface area (Å²) in [4.78, 5) is 15.6. The van der Waals surface area contributed by atoms with Gasteiger partial charge in [0, 0.05) is 41.6 Å². The van der Waals surface area contributed by atoms with Gasteiger partial charge in [-0.3, -0.25) is 4.90 Å². The van der Waals surface area contributed by atoms with E-state index in [1.807, 2.05) is 35.3 Å². The van der Waals surface area contributed by atoms with Crippen molar-refractivity contribution in [2.75, 3.05) is 31.1 Å². The van der Waals surface area contributed by atoms with Gasteiger partial charge in [0.25, 0.3) is 0 Å². The van der Waals surface area contributed by atoms with E-state index < -0.39 is 0 Å². The minimum Gasteiger partial charge on any atom is -0.472 e. The summed E-state index contributed by atoms with van der Waals surface area (Å²) in [5.74, 6) is 2.28. The number of nitrogens with zero attached hydrogens (tertiary/aromatic N) is 1. The minimum atomic E-state index is -0.127. The van der Waals surface area contributed by atoms with E-state index in [-0.39, 0.29) is 12.1 Å². The van der Waals surface area contributed by atoms with Crippen LogP contribution in [0.2, 0.25) is 0 Å². The lowest BCUT2D eigenvalue weighted by molar-refractivity contribution is 0.205. The van der Waals surface area contributed by atoms with Gasteiger partial charge >= 0.3 is 6.03 Å². The normalized spacial score (nSPS) is 16.9. The first-order valence-electron chi connectivity index (χ1n) is 7.71. The number of nitrogens with one attached hydrogen (secondary N) is 2. The second-order valence-corrected chi connectivity index (χ2v) is 7.62. The molecule has 5 nitrogen and oxygen atoms in total. The highest BCUT2D eigenvalue weighted by Crippen LogP contribution is 2.24. The molecule has 1 atom stereocenters. The molecule has 0 bridgehead atoms. The molecule has 2 amide bonds. The molecule has 0 aromatic carbocycles. The van der Waals surface area contributed by atoms with Crippen LogP contribution in [0.4, 0.5) is 4.79 Å². The molecule has 1 fully saturated rings. The van der Waals surface area contributed by atoms with Crippen molar-refractivity contribution < 1.29 is 9.21 Å². The van der Waals surface area contributed by atoms with E-state index in [2.05, 4.69) is 15.5 Å². The van der Waals surface area contributed by atoms with Crippen LogP contribution in [0.15, 0.2) is 40.5 Å². The van der Waals surface area contributed by atoms with Crippen LogP contribution in [0.3, 0.4) is 0 Å². The monoisotopic (exact) mass is 351 g/mol. The largest absolute Gasteiger partial charge is 0.472 e. The summed E-state index contributed by atoms with van der Waals surface area (Å²) in [5, 5.41) is 7.91. The summed E-state index contributed by atoms with van der Waals surface area (Å²) in [7, 11) is 0. The Morgan fingerprint density at radius 2 is 2.17 bits per heavy atom. The molecule has 1 aliphatic rings. The summed E-state index contributed by atoms with van der Waals surface area (Å²) in [6.45, 7) is 3.23. The van der Waals surface area contributed by atoms with Gasteiger partial charge in [-0.05, 0) is 17.5 Å². The van der Waals surface area contributed by atoms with E-state index in [1.165, 1.54) is 0 Å². The highest BCUT2D eigenvalue weighted by atomic mass is 32.2. The molecule has 3 rings (SSSR count). The molecule has 0 unspecified atom stereocenters. The molecule has 0 spiro atoms. The van der Waals surface area contributed by atoms with Gasteiger partial charge in [0.2, 0.25) is 0 Å². The van der Waals surface area contributed by atoms with Crippen molar-refractivity contribution in [3.63, 3.8) is 0 Å². The zero-order valence-electron chi connectivity index (χ0n) is 12.9. The molecule has 3 heterocycles. The number of thioether (sulfide) groups is 1. The van der Waals surface area contributed by atoms with Crippen molar-refractivity contribution in [3.05, 3.63) is 46.5 Å². The molecular weight excluding hydrogens is 330 g/mol. The number of carbonyl (C=O) groups is 1. The number of rotatable bonds is 6. The van der Waals surface area contributed by atoms with Crippen molar-refractivity contribution in [1.82, 2.24) is 15.5 Å². The van der Waals surface area contributed by atoms with Crippen LogP contribution in [0.25, 0.3) is 0 Å². The molecule has 7 heteroatoms. The Morgan fingerprint density at radius 3 is 2.87 bits per heavy atom. The first kappa shape index (κ1) is 16.4. The zero-order chi connectivity index (χ0) is 15.9. The number of carbonyl (C=O) groups excluding carboxylic acids is 1. The molecule has 2 aromatic heterocycles. The predicted octanol–water partition coefficient (Wildman–Crippen LogP) is 2.93. The number of amides is 2. The number of urea groups is 1. The Hall–Kier alpha value is -1.44. The lowest BCUT2D eigenvalue weighted by atomic mass is 10.1. The fraction of sp³-hybridized carbons (Fsp3) is 0.438. The average molecular weight is 351 g/mol. The Labute approximate surface area is 144 Å². The van der Waals surface area contributed by atoms with Crippen molar-refractivity contribution in [3.8, 4) is 0 Å². The van der Waals surface area contributed by atoms with Crippen molar-refractivity contribution in [1.29, 1.82) is 0 Å². The average Bonchev–Trinajstić information content (AvgIpc) is 3.28.